The van der Waals surface area contributed by atoms with E-state index < -0.39 is 0 Å². The van der Waals surface area contributed by atoms with Crippen LogP contribution in [0.3, 0.4) is 0 Å². The monoisotopic (exact) mass is 375 g/mol. The minimum atomic E-state index is -0.231. The maximum atomic E-state index is 5.89. The van der Waals surface area contributed by atoms with Gasteiger partial charge in [-0.2, -0.15) is 4.80 Å². The summed E-state index contributed by atoms with van der Waals surface area (Å²) in [5, 5.41) is 13.8. The van der Waals surface area contributed by atoms with E-state index >= 15 is 0 Å². The summed E-state index contributed by atoms with van der Waals surface area (Å²) in [6, 6.07) is 0. The fraction of sp³-hybridized carbons (Fsp3) is 0.562. The van der Waals surface area contributed by atoms with E-state index in [4.69, 9.17) is 9.47 Å². The van der Waals surface area contributed by atoms with E-state index in [1.54, 1.807) is 24.8 Å². The lowest BCUT2D eigenvalue weighted by atomic mass is 10.2. The molecule has 4 heterocycles. The highest BCUT2D eigenvalue weighted by atomic mass is 32.1. The van der Waals surface area contributed by atoms with E-state index in [0.717, 1.165) is 22.6 Å². The molecule has 1 unspecified atom stereocenters. The highest BCUT2D eigenvalue weighted by Gasteiger charge is 2.28. The van der Waals surface area contributed by atoms with Crippen LogP contribution in [0.15, 0.2) is 6.33 Å². The lowest BCUT2D eigenvalue weighted by Gasteiger charge is -2.32. The van der Waals surface area contributed by atoms with Gasteiger partial charge < -0.3 is 14.4 Å². The Hall–Kier alpha value is -2.17. The molecule has 4 rings (SSSR count). The first kappa shape index (κ1) is 17.3. The predicted octanol–water partition coefficient (Wildman–Crippen LogP) is 1.52. The summed E-state index contributed by atoms with van der Waals surface area (Å²) < 4.78 is 10.9. The number of ether oxygens (including phenoxy) is 2. The van der Waals surface area contributed by atoms with Crippen LogP contribution in [0.2, 0.25) is 0 Å². The Morgan fingerprint density at radius 2 is 2.23 bits per heavy atom. The Morgan fingerprint density at radius 3 is 3.08 bits per heavy atom. The highest BCUT2D eigenvalue weighted by molar-refractivity contribution is 7.18. The van der Waals surface area contributed by atoms with Crippen LogP contribution in [0.4, 0.5) is 5.82 Å². The second-order valence-electron chi connectivity index (χ2n) is 6.20. The summed E-state index contributed by atoms with van der Waals surface area (Å²) in [5.41, 5.74) is 1.24. The van der Waals surface area contributed by atoms with Gasteiger partial charge in [0.2, 0.25) is 5.82 Å². The van der Waals surface area contributed by atoms with Gasteiger partial charge in [-0.15, -0.1) is 21.5 Å². The van der Waals surface area contributed by atoms with Crippen LogP contribution in [0.1, 0.15) is 22.4 Å². The SMILES string of the molecule is COCCn1nnc(C2CN(c3ncnc4sc(C)c(C)c34)CCO2)n1. The standard InChI is InChI=1S/C16H21N7O2S/c1-10-11(2)26-16-13(10)15(17-9-18-16)22-4-7-25-12(8-22)14-19-21-23(20-14)5-6-24-3/h9,12H,4-8H2,1-3H3. The molecule has 26 heavy (non-hydrogen) atoms. The van der Waals surface area contributed by atoms with Gasteiger partial charge in [-0.25, -0.2) is 9.97 Å². The number of hydrogen-bond acceptors (Lipinski definition) is 9. The molecule has 1 saturated heterocycles. The number of aromatic nitrogens is 6. The third-order valence-electron chi connectivity index (χ3n) is 4.56. The molecule has 0 spiro atoms. The zero-order valence-corrected chi connectivity index (χ0v) is 15.9. The largest absolute Gasteiger partial charge is 0.383 e. The molecular formula is C16H21N7O2S. The van der Waals surface area contributed by atoms with Crippen LogP contribution in [0, 0.1) is 13.8 Å². The van der Waals surface area contributed by atoms with Crippen LogP contribution < -0.4 is 4.90 Å². The van der Waals surface area contributed by atoms with Crippen molar-refractivity contribution in [1.82, 2.24) is 30.2 Å². The zero-order chi connectivity index (χ0) is 18.1. The van der Waals surface area contributed by atoms with Crippen molar-refractivity contribution in [3.63, 3.8) is 0 Å². The predicted molar refractivity (Wildman–Crippen MR) is 97.5 cm³/mol. The van der Waals surface area contributed by atoms with Crippen molar-refractivity contribution < 1.29 is 9.47 Å². The fourth-order valence-electron chi connectivity index (χ4n) is 3.05. The molecule has 0 radical (unpaired) electrons. The molecule has 0 aromatic carbocycles. The average Bonchev–Trinajstić information content (AvgIpc) is 3.25. The van der Waals surface area contributed by atoms with Crippen LogP contribution in [-0.4, -0.2) is 63.6 Å². The van der Waals surface area contributed by atoms with E-state index in [9.17, 15) is 0 Å². The highest BCUT2D eigenvalue weighted by Crippen LogP contribution is 2.35. The number of fused-ring (bicyclic) bond motifs is 1. The van der Waals surface area contributed by atoms with Crippen LogP contribution in [0.5, 0.6) is 0 Å². The van der Waals surface area contributed by atoms with E-state index in [-0.39, 0.29) is 6.10 Å². The Balaban J connectivity index is 1.58. The molecule has 1 fully saturated rings. The van der Waals surface area contributed by atoms with E-state index in [1.165, 1.54) is 15.2 Å². The van der Waals surface area contributed by atoms with Crippen molar-refractivity contribution in [2.45, 2.75) is 26.5 Å². The average molecular weight is 375 g/mol. The number of hydrogen-bond donors (Lipinski definition) is 0. The van der Waals surface area contributed by atoms with Crippen molar-refractivity contribution in [3.8, 4) is 0 Å². The lowest BCUT2D eigenvalue weighted by molar-refractivity contribution is 0.0335. The number of morpholine rings is 1. The molecule has 0 saturated carbocycles. The molecule has 3 aromatic heterocycles. The first-order valence-corrected chi connectivity index (χ1v) is 9.33. The second-order valence-corrected chi connectivity index (χ2v) is 7.41. The van der Waals surface area contributed by atoms with Gasteiger partial charge in [-0.05, 0) is 24.6 Å². The maximum Gasteiger partial charge on any atom is 0.205 e. The molecule has 10 heteroatoms. The van der Waals surface area contributed by atoms with E-state index in [1.807, 2.05) is 0 Å². The first-order valence-electron chi connectivity index (χ1n) is 8.51. The van der Waals surface area contributed by atoms with Crippen LogP contribution in [-0.2, 0) is 16.0 Å². The number of tetrazole rings is 1. The van der Waals surface area contributed by atoms with Gasteiger partial charge in [0.1, 0.15) is 23.1 Å². The van der Waals surface area contributed by atoms with Gasteiger partial charge in [0.25, 0.3) is 0 Å². The number of aryl methyl sites for hydroxylation is 2. The maximum absolute atomic E-state index is 5.89. The molecule has 0 bridgehead atoms. The van der Waals surface area contributed by atoms with Gasteiger partial charge in [-0.1, -0.05) is 0 Å². The normalized spacial score (nSPS) is 18.0. The van der Waals surface area contributed by atoms with E-state index in [2.05, 4.69) is 44.1 Å². The van der Waals surface area contributed by atoms with Crippen molar-refractivity contribution in [3.05, 3.63) is 22.6 Å². The quantitative estimate of drug-likeness (QED) is 0.663. The zero-order valence-electron chi connectivity index (χ0n) is 15.0. The molecule has 9 nitrogen and oxygen atoms in total. The summed E-state index contributed by atoms with van der Waals surface area (Å²) in [5.74, 6) is 1.55. The summed E-state index contributed by atoms with van der Waals surface area (Å²) >= 11 is 1.71. The smallest absolute Gasteiger partial charge is 0.205 e. The Bertz CT molecular complexity index is 909. The summed E-state index contributed by atoms with van der Waals surface area (Å²) in [7, 11) is 1.65. The van der Waals surface area contributed by atoms with E-state index in [0.29, 0.717) is 32.1 Å². The summed E-state index contributed by atoms with van der Waals surface area (Å²) in [6.45, 7) is 7.36. The van der Waals surface area contributed by atoms with Gasteiger partial charge in [0.05, 0.1) is 31.7 Å². The summed E-state index contributed by atoms with van der Waals surface area (Å²) in [6.07, 6.45) is 1.40. The minimum Gasteiger partial charge on any atom is -0.383 e. The number of nitrogens with zero attached hydrogens (tertiary/aromatic N) is 7. The lowest BCUT2D eigenvalue weighted by Crippen LogP contribution is -2.39. The first-order chi connectivity index (χ1) is 12.7. The minimum absolute atomic E-state index is 0.231. The Labute approximate surface area is 154 Å². The van der Waals surface area contributed by atoms with Crippen molar-refractivity contribution in [1.29, 1.82) is 0 Å². The fourth-order valence-corrected chi connectivity index (χ4v) is 4.05. The molecule has 1 atom stereocenters. The molecule has 0 aliphatic carbocycles. The topological polar surface area (TPSA) is 91.1 Å². The number of methoxy groups -OCH3 is 1. The van der Waals surface area contributed by atoms with Gasteiger partial charge in [0.15, 0.2) is 0 Å². The number of rotatable bonds is 5. The van der Waals surface area contributed by atoms with Crippen molar-refractivity contribution >= 4 is 27.4 Å². The molecule has 3 aromatic rings. The molecule has 0 N–H and O–H groups in total. The van der Waals surface area contributed by atoms with Gasteiger partial charge in [-0.3, -0.25) is 0 Å². The molecule has 138 valence electrons. The third-order valence-corrected chi connectivity index (χ3v) is 5.68. The second kappa shape index (κ2) is 7.22. The van der Waals surface area contributed by atoms with Gasteiger partial charge in [0, 0.05) is 18.5 Å². The molecule has 0 amide bonds. The Morgan fingerprint density at radius 1 is 1.35 bits per heavy atom. The van der Waals surface area contributed by atoms with Crippen molar-refractivity contribution in [2.24, 2.45) is 0 Å². The van der Waals surface area contributed by atoms with Crippen molar-refractivity contribution in [2.75, 3.05) is 38.3 Å². The van der Waals surface area contributed by atoms with Crippen LogP contribution in [0.25, 0.3) is 10.2 Å². The third kappa shape index (κ3) is 3.15. The number of anilines is 1. The summed E-state index contributed by atoms with van der Waals surface area (Å²) in [4.78, 5) is 15.1. The Kier molecular flexibility index (Phi) is 4.79. The number of thiophene rings is 1. The molecular weight excluding hydrogens is 354 g/mol. The molecule has 1 aliphatic rings. The van der Waals surface area contributed by atoms with Crippen LogP contribution >= 0.6 is 11.3 Å². The molecule has 1 aliphatic heterocycles. The van der Waals surface area contributed by atoms with Gasteiger partial charge >= 0.3 is 0 Å².